The number of amides is 2. The number of carbonyl (C=O) groups excluding carboxylic acids is 2. The number of hydrogen-bond acceptors (Lipinski definition) is 8. The van der Waals surface area contributed by atoms with E-state index in [1.165, 1.54) is 0 Å². The van der Waals surface area contributed by atoms with Crippen molar-refractivity contribution < 1.29 is 34.1 Å². The molecule has 1 aromatic rings. The lowest BCUT2D eigenvalue weighted by molar-refractivity contribution is -0.182. The van der Waals surface area contributed by atoms with Crippen LogP contribution in [0.15, 0.2) is 24.3 Å². The summed E-state index contributed by atoms with van der Waals surface area (Å²) in [5.41, 5.74) is 1.11. The number of benzene rings is 1. The summed E-state index contributed by atoms with van der Waals surface area (Å²) in [6.45, 7) is 4.63. The van der Waals surface area contributed by atoms with Gasteiger partial charge >= 0.3 is 5.97 Å². The van der Waals surface area contributed by atoms with Gasteiger partial charge in [0.15, 0.2) is 6.23 Å². The topological polar surface area (TPSA) is 153 Å². The largest absolute Gasteiger partial charge is 0.480 e. The molecule has 5 N–H and O–H groups in total. The molecule has 2 aliphatic heterocycles. The SMILES string of the molecule is CC(C)(C)OC(O)NCC(=O)NCC(=O)NC1Cc2ccccc2N(CC(=O)O)C2OC12. The highest BCUT2D eigenvalue weighted by atomic mass is 16.6. The number of aliphatic carboxylic acids is 1. The Morgan fingerprint density at radius 1 is 1.22 bits per heavy atom. The molecule has 2 amide bonds. The monoisotopic (exact) mass is 450 g/mol. The van der Waals surface area contributed by atoms with Crippen LogP contribution in [-0.4, -0.2) is 78.0 Å². The molecular weight excluding hydrogens is 420 g/mol. The number of nitrogens with zero attached hydrogens (tertiary/aromatic N) is 1. The highest BCUT2D eigenvalue weighted by molar-refractivity contribution is 5.85. The molecule has 2 heterocycles. The standard InChI is InChI=1S/C21H30N4O7/c1-21(2,3)32-20(30)23-9-15(26)22-10-16(27)24-13-8-12-6-4-5-7-14(12)25(11-17(28)29)19-18(13)31-19/h4-7,13,18-20,23,30H,8-11H2,1-3H3,(H,22,26)(H,24,27)(H,28,29). The molecule has 1 aromatic carbocycles. The van der Waals surface area contributed by atoms with Gasteiger partial charge in [-0.05, 0) is 38.8 Å². The second-order valence-corrected chi connectivity index (χ2v) is 8.76. The number of carbonyl (C=O) groups is 3. The van der Waals surface area contributed by atoms with E-state index in [4.69, 9.17) is 9.47 Å². The van der Waals surface area contributed by atoms with E-state index in [0.717, 1.165) is 11.3 Å². The number of aliphatic hydroxyl groups excluding tert-OH is 1. The summed E-state index contributed by atoms with van der Waals surface area (Å²) in [4.78, 5) is 37.3. The molecule has 0 saturated carbocycles. The van der Waals surface area contributed by atoms with E-state index in [0.29, 0.717) is 6.42 Å². The smallest absolute Gasteiger partial charge is 0.323 e. The Labute approximate surface area is 186 Å². The minimum Gasteiger partial charge on any atom is -0.480 e. The second kappa shape index (κ2) is 9.82. The van der Waals surface area contributed by atoms with Crippen LogP contribution in [0.1, 0.15) is 26.3 Å². The van der Waals surface area contributed by atoms with Gasteiger partial charge in [0.1, 0.15) is 12.6 Å². The van der Waals surface area contributed by atoms with Crippen molar-refractivity contribution in [1.82, 2.24) is 16.0 Å². The van der Waals surface area contributed by atoms with E-state index >= 15 is 0 Å². The van der Waals surface area contributed by atoms with Crippen molar-refractivity contribution in [3.8, 4) is 0 Å². The number of hydrogen-bond donors (Lipinski definition) is 5. The average molecular weight is 450 g/mol. The van der Waals surface area contributed by atoms with E-state index in [1.807, 2.05) is 24.3 Å². The summed E-state index contributed by atoms with van der Waals surface area (Å²) in [6, 6.07) is 7.07. The first kappa shape index (κ1) is 23.9. The van der Waals surface area contributed by atoms with Crippen molar-refractivity contribution in [3.05, 3.63) is 29.8 Å². The van der Waals surface area contributed by atoms with Crippen LogP contribution >= 0.6 is 0 Å². The van der Waals surface area contributed by atoms with Gasteiger partial charge in [0.2, 0.25) is 18.2 Å². The number of nitrogens with one attached hydrogen (secondary N) is 3. The van der Waals surface area contributed by atoms with Gasteiger partial charge in [0.25, 0.3) is 0 Å². The molecule has 11 heteroatoms. The second-order valence-electron chi connectivity index (χ2n) is 8.76. The lowest BCUT2D eigenvalue weighted by Gasteiger charge is -2.24. The van der Waals surface area contributed by atoms with Gasteiger partial charge in [0, 0.05) is 5.69 Å². The molecule has 0 aromatic heterocycles. The van der Waals surface area contributed by atoms with Gasteiger partial charge in [-0.3, -0.25) is 19.7 Å². The van der Waals surface area contributed by atoms with Crippen LogP contribution in [0.2, 0.25) is 0 Å². The van der Waals surface area contributed by atoms with Gasteiger partial charge < -0.3 is 35.2 Å². The number of carboxylic acids is 1. The third-order valence-electron chi connectivity index (χ3n) is 4.95. The fraction of sp³-hybridized carbons (Fsp3) is 0.571. The van der Waals surface area contributed by atoms with Crippen molar-refractivity contribution in [2.75, 3.05) is 24.5 Å². The van der Waals surface area contributed by atoms with Crippen molar-refractivity contribution >= 4 is 23.5 Å². The van der Waals surface area contributed by atoms with Gasteiger partial charge in [0.05, 0.1) is 24.7 Å². The summed E-state index contributed by atoms with van der Waals surface area (Å²) < 4.78 is 10.9. The predicted molar refractivity (Wildman–Crippen MR) is 114 cm³/mol. The maximum Gasteiger partial charge on any atom is 0.323 e. The molecule has 4 atom stereocenters. The molecule has 0 aliphatic carbocycles. The van der Waals surface area contributed by atoms with Crippen molar-refractivity contribution in [1.29, 1.82) is 0 Å². The van der Waals surface area contributed by atoms with E-state index in [-0.39, 0.29) is 31.8 Å². The minimum absolute atomic E-state index is 0.202. The first-order valence-corrected chi connectivity index (χ1v) is 10.4. The molecule has 1 fully saturated rings. The highest BCUT2D eigenvalue weighted by Gasteiger charge is 2.52. The van der Waals surface area contributed by atoms with Crippen LogP contribution in [-0.2, 0) is 30.3 Å². The Kier molecular flexibility index (Phi) is 7.34. The zero-order valence-electron chi connectivity index (χ0n) is 18.3. The summed E-state index contributed by atoms with van der Waals surface area (Å²) >= 11 is 0. The van der Waals surface area contributed by atoms with Crippen LogP contribution in [0.5, 0.6) is 0 Å². The zero-order chi connectivity index (χ0) is 23.5. The number of aliphatic hydroxyl groups is 1. The summed E-state index contributed by atoms with van der Waals surface area (Å²) in [5.74, 6) is -1.84. The number of para-hydroxylation sites is 1. The Morgan fingerprint density at radius 2 is 1.94 bits per heavy atom. The molecule has 4 unspecified atom stereocenters. The molecule has 0 spiro atoms. The van der Waals surface area contributed by atoms with E-state index < -0.39 is 36.0 Å². The normalized spacial score (nSPS) is 22.8. The number of rotatable bonds is 9. The average Bonchev–Trinajstić information content (AvgIpc) is 3.48. The van der Waals surface area contributed by atoms with Gasteiger partial charge in [-0.15, -0.1) is 0 Å². The Hall–Kier alpha value is -2.73. The number of fused-ring (bicyclic) bond motifs is 2. The Morgan fingerprint density at radius 3 is 2.62 bits per heavy atom. The maximum absolute atomic E-state index is 12.4. The van der Waals surface area contributed by atoms with Gasteiger partial charge in [-0.25, -0.2) is 0 Å². The van der Waals surface area contributed by atoms with Crippen LogP contribution < -0.4 is 20.9 Å². The molecule has 0 radical (unpaired) electrons. The molecule has 3 rings (SSSR count). The third-order valence-corrected chi connectivity index (χ3v) is 4.95. The quantitative estimate of drug-likeness (QED) is 0.239. The lowest BCUT2D eigenvalue weighted by Crippen LogP contribution is -2.48. The van der Waals surface area contributed by atoms with Crippen LogP contribution in [0.3, 0.4) is 0 Å². The van der Waals surface area contributed by atoms with Crippen LogP contribution in [0, 0.1) is 0 Å². The first-order chi connectivity index (χ1) is 15.0. The van der Waals surface area contributed by atoms with Crippen LogP contribution in [0.25, 0.3) is 0 Å². The van der Waals surface area contributed by atoms with E-state index in [1.54, 1.807) is 25.7 Å². The fourth-order valence-electron chi connectivity index (χ4n) is 3.62. The fourth-order valence-corrected chi connectivity index (χ4v) is 3.62. The maximum atomic E-state index is 12.4. The predicted octanol–water partition coefficient (Wildman–Crippen LogP) is -0.860. The number of epoxide rings is 1. The molecular formula is C21H30N4O7. The minimum atomic E-state index is -1.31. The van der Waals surface area contributed by atoms with Gasteiger partial charge in [-0.2, -0.15) is 0 Å². The summed E-state index contributed by atoms with van der Waals surface area (Å²) in [5, 5.41) is 26.8. The first-order valence-electron chi connectivity index (χ1n) is 10.4. The molecule has 176 valence electrons. The molecule has 11 nitrogen and oxygen atoms in total. The van der Waals surface area contributed by atoms with Crippen LogP contribution in [0.4, 0.5) is 5.69 Å². The van der Waals surface area contributed by atoms with Crippen molar-refractivity contribution in [3.63, 3.8) is 0 Å². The number of carboxylic acid groups (broad SMARTS) is 1. The molecule has 32 heavy (non-hydrogen) atoms. The van der Waals surface area contributed by atoms with Gasteiger partial charge in [-0.1, -0.05) is 18.2 Å². The third kappa shape index (κ3) is 6.63. The molecule has 1 saturated heterocycles. The van der Waals surface area contributed by atoms with Crippen molar-refractivity contribution in [2.24, 2.45) is 0 Å². The summed E-state index contributed by atoms with van der Waals surface area (Å²) in [7, 11) is 0. The highest BCUT2D eigenvalue weighted by Crippen LogP contribution is 2.39. The number of ether oxygens (including phenoxy) is 2. The zero-order valence-corrected chi connectivity index (χ0v) is 18.3. The van der Waals surface area contributed by atoms with E-state index in [2.05, 4.69) is 16.0 Å². The lowest BCUT2D eigenvalue weighted by atomic mass is 10.0. The Balaban J connectivity index is 1.50. The molecule has 2 aliphatic rings. The molecule has 0 bridgehead atoms. The number of anilines is 1. The Bertz CT molecular complexity index is 857. The van der Waals surface area contributed by atoms with E-state index in [9.17, 15) is 24.6 Å². The summed E-state index contributed by atoms with van der Waals surface area (Å²) in [6.07, 6.45) is -1.60. The van der Waals surface area contributed by atoms with Crippen molar-refractivity contribution in [2.45, 2.75) is 57.6 Å².